The van der Waals surface area contributed by atoms with E-state index in [1.165, 1.54) is 63.8 Å². The molecule has 4 aromatic rings. The highest BCUT2D eigenvalue weighted by Crippen LogP contribution is 2.44. The van der Waals surface area contributed by atoms with Crippen molar-refractivity contribution < 1.29 is 0 Å². The van der Waals surface area contributed by atoms with Crippen molar-refractivity contribution in [3.8, 4) is 0 Å². The minimum Gasteiger partial charge on any atom is -0.0685 e. The predicted molar refractivity (Wildman–Crippen MR) is 139 cm³/mol. The van der Waals surface area contributed by atoms with Crippen molar-refractivity contribution in [1.82, 2.24) is 0 Å². The number of allylic oxidation sites excluding steroid dienone is 2. The van der Waals surface area contributed by atoms with E-state index in [0.29, 0.717) is 11.8 Å². The van der Waals surface area contributed by atoms with Crippen molar-refractivity contribution in [2.75, 3.05) is 0 Å². The number of rotatable bonds is 6. The Labute approximate surface area is 196 Å². The van der Waals surface area contributed by atoms with Crippen molar-refractivity contribution in [3.63, 3.8) is 0 Å². The van der Waals surface area contributed by atoms with Gasteiger partial charge in [-0.1, -0.05) is 128 Å². The van der Waals surface area contributed by atoms with Gasteiger partial charge in [0.25, 0.3) is 0 Å². The first kappa shape index (κ1) is 20.0. The number of fused-ring (bicyclic) bond motifs is 2. The molecule has 0 heterocycles. The molecule has 0 aliphatic heterocycles. The molecule has 2 aliphatic carbocycles. The van der Waals surface area contributed by atoms with E-state index in [1.54, 1.807) is 0 Å². The fourth-order valence-electron chi connectivity index (χ4n) is 5.67. The summed E-state index contributed by atoms with van der Waals surface area (Å²) in [5.41, 5.74) is 11.2. The van der Waals surface area contributed by atoms with Gasteiger partial charge in [0, 0.05) is 11.8 Å². The first-order valence-electron chi connectivity index (χ1n) is 12.1. The van der Waals surface area contributed by atoms with Crippen LogP contribution in [0.1, 0.15) is 64.5 Å². The summed E-state index contributed by atoms with van der Waals surface area (Å²) in [5, 5.41) is 0. The highest BCUT2D eigenvalue weighted by atomic mass is 14.3. The molecule has 0 aromatic heterocycles. The summed E-state index contributed by atoms with van der Waals surface area (Å²) in [6.45, 7) is 0. The van der Waals surface area contributed by atoms with Crippen LogP contribution in [0.3, 0.4) is 0 Å². The van der Waals surface area contributed by atoms with E-state index >= 15 is 0 Å². The number of hydrogen-bond donors (Lipinski definition) is 0. The zero-order valence-corrected chi connectivity index (χ0v) is 18.8. The summed E-state index contributed by atoms with van der Waals surface area (Å²) in [6, 6.07) is 39.6. The minimum atomic E-state index is 0.505. The molecule has 0 fully saturated rings. The monoisotopic (exact) mass is 424 g/mol. The van der Waals surface area contributed by atoms with Crippen LogP contribution in [0, 0.1) is 0 Å². The summed E-state index contributed by atoms with van der Waals surface area (Å²) in [6.07, 6.45) is 8.62. The third-order valence-corrected chi connectivity index (χ3v) is 7.24. The lowest BCUT2D eigenvalue weighted by atomic mass is 9.90. The van der Waals surface area contributed by atoms with E-state index in [4.69, 9.17) is 0 Å². The van der Waals surface area contributed by atoms with Gasteiger partial charge in [0.1, 0.15) is 0 Å². The van der Waals surface area contributed by atoms with Crippen molar-refractivity contribution in [1.29, 1.82) is 0 Å². The average molecular weight is 425 g/mol. The molecule has 0 bridgehead atoms. The lowest BCUT2D eigenvalue weighted by molar-refractivity contribution is 0.613. The molecule has 2 aliphatic rings. The Morgan fingerprint density at radius 2 is 0.818 bits per heavy atom. The Kier molecular flexibility index (Phi) is 5.28. The third-order valence-electron chi connectivity index (χ3n) is 7.24. The van der Waals surface area contributed by atoms with Crippen molar-refractivity contribution in [2.45, 2.75) is 31.1 Å². The fourth-order valence-corrected chi connectivity index (χ4v) is 5.67. The number of hydrogen-bond acceptors (Lipinski definition) is 0. The number of benzene rings is 4. The topological polar surface area (TPSA) is 0 Å². The molecule has 0 heteroatoms. The van der Waals surface area contributed by atoms with Crippen LogP contribution < -0.4 is 0 Å². The Bertz CT molecular complexity index is 1220. The molecule has 2 unspecified atom stereocenters. The maximum Gasteiger partial charge on any atom is 0.00335 e. The fraction of sp³-hybridized carbons (Fsp3) is 0.152. The van der Waals surface area contributed by atoms with Gasteiger partial charge in [0.2, 0.25) is 0 Å². The van der Waals surface area contributed by atoms with Crippen LogP contribution in [0.2, 0.25) is 0 Å². The van der Waals surface area contributed by atoms with E-state index in [1.807, 2.05) is 0 Å². The molecular weight excluding hydrogens is 396 g/mol. The standard InChI is InChI=1S/C33H28/c1-3-12-24(13-4-1)32-22-26(28-18-7-9-20-30(28)32)16-11-17-27-23-33(25-14-5-2-6-15-25)31-21-10-8-19-29(27)31/h1-10,12-15,18-23,26-27H,11,16-17H2. The molecule has 0 N–H and O–H groups in total. The molecule has 0 radical (unpaired) electrons. The average Bonchev–Trinajstić information content (AvgIpc) is 3.44. The smallest absolute Gasteiger partial charge is 0.00335 e. The van der Waals surface area contributed by atoms with E-state index in [9.17, 15) is 0 Å². The van der Waals surface area contributed by atoms with Crippen LogP contribution in [0.15, 0.2) is 121 Å². The van der Waals surface area contributed by atoms with Crippen LogP contribution in [-0.2, 0) is 0 Å². The summed E-state index contributed by atoms with van der Waals surface area (Å²) < 4.78 is 0. The first-order chi connectivity index (χ1) is 16.4. The van der Waals surface area contributed by atoms with Crippen molar-refractivity contribution in [3.05, 3.63) is 155 Å². The summed E-state index contributed by atoms with van der Waals surface area (Å²) in [4.78, 5) is 0. The molecule has 0 spiro atoms. The van der Waals surface area contributed by atoms with E-state index < -0.39 is 0 Å². The van der Waals surface area contributed by atoms with E-state index in [-0.39, 0.29) is 0 Å². The summed E-state index contributed by atoms with van der Waals surface area (Å²) >= 11 is 0. The van der Waals surface area contributed by atoms with Gasteiger partial charge < -0.3 is 0 Å². The molecule has 0 saturated carbocycles. The van der Waals surface area contributed by atoms with Crippen molar-refractivity contribution >= 4 is 11.1 Å². The SMILES string of the molecule is C1=C(c2ccccc2)c2ccccc2C1CCCC1C=C(c2ccccc2)c2ccccc21. The highest BCUT2D eigenvalue weighted by Gasteiger charge is 2.26. The Morgan fingerprint density at radius 1 is 0.424 bits per heavy atom. The van der Waals surface area contributed by atoms with Gasteiger partial charge in [-0.25, -0.2) is 0 Å². The third kappa shape index (κ3) is 3.76. The van der Waals surface area contributed by atoms with Gasteiger partial charge >= 0.3 is 0 Å². The molecule has 0 saturated heterocycles. The van der Waals surface area contributed by atoms with Gasteiger partial charge in [0.15, 0.2) is 0 Å². The van der Waals surface area contributed by atoms with Gasteiger partial charge in [-0.3, -0.25) is 0 Å². The van der Waals surface area contributed by atoms with Crippen LogP contribution >= 0.6 is 0 Å². The van der Waals surface area contributed by atoms with Crippen LogP contribution in [0.5, 0.6) is 0 Å². The molecule has 0 nitrogen and oxygen atoms in total. The Morgan fingerprint density at radius 3 is 1.27 bits per heavy atom. The Hall–Kier alpha value is -3.64. The van der Waals surface area contributed by atoms with Crippen LogP contribution in [0.25, 0.3) is 11.1 Å². The second kappa shape index (κ2) is 8.71. The van der Waals surface area contributed by atoms with Crippen molar-refractivity contribution in [2.24, 2.45) is 0 Å². The predicted octanol–water partition coefficient (Wildman–Crippen LogP) is 8.61. The molecule has 33 heavy (non-hydrogen) atoms. The van der Waals surface area contributed by atoms with E-state index in [2.05, 4.69) is 121 Å². The Balaban J connectivity index is 1.22. The molecular formula is C33H28. The molecule has 4 aromatic carbocycles. The largest absolute Gasteiger partial charge is 0.0685 e. The summed E-state index contributed by atoms with van der Waals surface area (Å²) in [7, 11) is 0. The minimum absolute atomic E-state index is 0.505. The van der Waals surface area contributed by atoms with Crippen LogP contribution in [-0.4, -0.2) is 0 Å². The zero-order valence-electron chi connectivity index (χ0n) is 18.8. The normalized spacial score (nSPS) is 18.4. The highest BCUT2D eigenvalue weighted by molar-refractivity contribution is 5.86. The van der Waals surface area contributed by atoms with Gasteiger partial charge in [-0.15, -0.1) is 0 Å². The van der Waals surface area contributed by atoms with Gasteiger partial charge in [0.05, 0.1) is 0 Å². The van der Waals surface area contributed by atoms with Crippen LogP contribution in [0.4, 0.5) is 0 Å². The molecule has 0 amide bonds. The van der Waals surface area contributed by atoms with Gasteiger partial charge in [-0.2, -0.15) is 0 Å². The summed E-state index contributed by atoms with van der Waals surface area (Å²) in [5.74, 6) is 1.01. The maximum absolute atomic E-state index is 2.51. The molecule has 160 valence electrons. The second-order valence-corrected chi connectivity index (χ2v) is 9.21. The van der Waals surface area contributed by atoms with Gasteiger partial charge in [-0.05, 0) is 57.4 Å². The van der Waals surface area contributed by atoms with E-state index in [0.717, 1.165) is 0 Å². The zero-order chi connectivity index (χ0) is 22.0. The first-order valence-corrected chi connectivity index (χ1v) is 12.1. The maximum atomic E-state index is 2.51. The molecule has 6 rings (SSSR count). The lowest BCUT2D eigenvalue weighted by Crippen LogP contribution is -1.97. The molecule has 2 atom stereocenters. The second-order valence-electron chi connectivity index (χ2n) is 9.21. The lowest BCUT2D eigenvalue weighted by Gasteiger charge is -2.14. The quantitative estimate of drug-likeness (QED) is 0.291.